The van der Waals surface area contributed by atoms with Crippen LogP contribution in [0, 0.1) is 6.92 Å². The van der Waals surface area contributed by atoms with E-state index >= 15 is 0 Å². The zero-order valence-corrected chi connectivity index (χ0v) is 16.8. The molecule has 0 unspecified atom stereocenters. The van der Waals surface area contributed by atoms with Crippen LogP contribution in [0.2, 0.25) is 0 Å². The number of aryl methyl sites for hydroxylation is 2. The molecule has 0 aliphatic carbocycles. The standard InChI is InChI=1S/C20H26N2O4S/c1-16-8-6-11-18(14-16)22(27(3,24)25)15-20(23)21-13-7-10-17-9-4-5-12-19(17)26-2/h4-6,8-9,11-12,14H,7,10,13,15H2,1-3H3,(H,21,23). The molecule has 0 saturated carbocycles. The van der Waals surface area contributed by atoms with Crippen LogP contribution in [-0.2, 0) is 21.2 Å². The molecule has 27 heavy (non-hydrogen) atoms. The van der Waals surface area contributed by atoms with Gasteiger partial charge in [-0.25, -0.2) is 8.42 Å². The molecule has 1 N–H and O–H groups in total. The lowest BCUT2D eigenvalue weighted by Gasteiger charge is -2.22. The molecule has 2 aromatic carbocycles. The number of sulfonamides is 1. The number of carbonyl (C=O) groups is 1. The summed E-state index contributed by atoms with van der Waals surface area (Å²) in [6.07, 6.45) is 2.59. The van der Waals surface area contributed by atoms with E-state index in [0.29, 0.717) is 12.2 Å². The van der Waals surface area contributed by atoms with Crippen LogP contribution in [0.15, 0.2) is 48.5 Å². The van der Waals surface area contributed by atoms with Crippen LogP contribution < -0.4 is 14.4 Å². The second-order valence-corrected chi connectivity index (χ2v) is 8.28. The van der Waals surface area contributed by atoms with E-state index in [9.17, 15) is 13.2 Å². The van der Waals surface area contributed by atoms with Gasteiger partial charge in [0.2, 0.25) is 15.9 Å². The summed E-state index contributed by atoms with van der Waals surface area (Å²) in [7, 11) is -1.93. The van der Waals surface area contributed by atoms with Crippen molar-refractivity contribution in [2.75, 3.05) is 30.8 Å². The van der Waals surface area contributed by atoms with Crippen LogP contribution in [0.1, 0.15) is 17.5 Å². The first-order valence-electron chi connectivity index (χ1n) is 8.74. The van der Waals surface area contributed by atoms with Gasteiger partial charge in [-0.3, -0.25) is 9.10 Å². The average Bonchev–Trinajstić information content (AvgIpc) is 2.62. The lowest BCUT2D eigenvalue weighted by atomic mass is 10.1. The Morgan fingerprint density at radius 2 is 1.89 bits per heavy atom. The maximum Gasteiger partial charge on any atom is 0.240 e. The van der Waals surface area contributed by atoms with Crippen molar-refractivity contribution in [2.24, 2.45) is 0 Å². The van der Waals surface area contributed by atoms with Crippen molar-refractivity contribution in [3.05, 3.63) is 59.7 Å². The number of ether oxygens (including phenoxy) is 1. The molecular weight excluding hydrogens is 364 g/mol. The Hall–Kier alpha value is -2.54. The van der Waals surface area contributed by atoms with E-state index < -0.39 is 10.0 Å². The van der Waals surface area contributed by atoms with Crippen molar-refractivity contribution in [3.8, 4) is 5.75 Å². The number of amides is 1. The fourth-order valence-corrected chi connectivity index (χ4v) is 3.63. The van der Waals surface area contributed by atoms with Gasteiger partial charge in [0.15, 0.2) is 0 Å². The van der Waals surface area contributed by atoms with Gasteiger partial charge >= 0.3 is 0 Å². The Bertz CT molecular complexity index is 881. The fourth-order valence-electron chi connectivity index (χ4n) is 2.79. The summed E-state index contributed by atoms with van der Waals surface area (Å²) in [4.78, 5) is 12.3. The third-order valence-electron chi connectivity index (χ3n) is 4.11. The summed E-state index contributed by atoms with van der Waals surface area (Å²) >= 11 is 0. The quantitative estimate of drug-likeness (QED) is 0.668. The largest absolute Gasteiger partial charge is 0.496 e. The molecule has 0 saturated heterocycles. The number of methoxy groups -OCH3 is 1. The van der Waals surface area contributed by atoms with Crippen LogP contribution in [-0.4, -0.2) is 40.8 Å². The highest BCUT2D eigenvalue weighted by Crippen LogP contribution is 2.19. The highest BCUT2D eigenvalue weighted by molar-refractivity contribution is 7.92. The number of hydrogen-bond acceptors (Lipinski definition) is 4. The predicted octanol–water partition coefficient (Wildman–Crippen LogP) is 2.52. The van der Waals surface area contributed by atoms with Crippen LogP contribution in [0.25, 0.3) is 0 Å². The normalized spacial score (nSPS) is 11.1. The van der Waals surface area contributed by atoms with E-state index in [-0.39, 0.29) is 12.5 Å². The number of hydrogen-bond donors (Lipinski definition) is 1. The lowest BCUT2D eigenvalue weighted by Crippen LogP contribution is -2.40. The third-order valence-corrected chi connectivity index (χ3v) is 5.26. The summed E-state index contributed by atoms with van der Waals surface area (Å²) in [5.74, 6) is 0.494. The molecule has 6 nitrogen and oxygen atoms in total. The van der Waals surface area contributed by atoms with E-state index in [0.717, 1.165) is 40.3 Å². The molecule has 146 valence electrons. The number of para-hydroxylation sites is 1. The Morgan fingerprint density at radius 1 is 1.15 bits per heavy atom. The maximum absolute atomic E-state index is 12.3. The topological polar surface area (TPSA) is 75.7 Å². The van der Waals surface area contributed by atoms with Crippen molar-refractivity contribution in [1.29, 1.82) is 0 Å². The van der Waals surface area contributed by atoms with Gasteiger partial charge in [-0.15, -0.1) is 0 Å². The molecule has 0 radical (unpaired) electrons. The number of nitrogens with zero attached hydrogens (tertiary/aromatic N) is 1. The molecule has 7 heteroatoms. The van der Waals surface area contributed by atoms with Gasteiger partial charge in [-0.1, -0.05) is 30.3 Å². The summed E-state index contributed by atoms with van der Waals surface area (Å²) in [5.41, 5.74) is 2.49. The van der Waals surface area contributed by atoms with Crippen molar-refractivity contribution < 1.29 is 17.9 Å². The molecule has 0 bridgehead atoms. The Morgan fingerprint density at radius 3 is 2.56 bits per heavy atom. The van der Waals surface area contributed by atoms with Gasteiger partial charge in [0.05, 0.1) is 19.1 Å². The number of anilines is 1. The number of benzene rings is 2. The molecule has 0 aliphatic rings. The zero-order chi connectivity index (χ0) is 19.9. The van der Waals surface area contributed by atoms with Gasteiger partial charge in [-0.2, -0.15) is 0 Å². The van der Waals surface area contributed by atoms with E-state index in [4.69, 9.17) is 4.74 Å². The molecule has 0 aromatic heterocycles. The minimum absolute atomic E-state index is 0.239. The van der Waals surface area contributed by atoms with Crippen LogP contribution in [0.4, 0.5) is 5.69 Å². The zero-order valence-electron chi connectivity index (χ0n) is 15.9. The summed E-state index contributed by atoms with van der Waals surface area (Å²) in [6.45, 7) is 2.10. The molecule has 0 atom stereocenters. The lowest BCUT2D eigenvalue weighted by molar-refractivity contribution is -0.119. The molecule has 0 fully saturated rings. The van der Waals surface area contributed by atoms with Crippen LogP contribution in [0.5, 0.6) is 5.75 Å². The summed E-state index contributed by atoms with van der Waals surface area (Å²) in [6, 6.07) is 14.8. The molecule has 2 rings (SSSR count). The minimum atomic E-state index is -3.56. The monoisotopic (exact) mass is 390 g/mol. The van der Waals surface area contributed by atoms with Gasteiger partial charge in [0.1, 0.15) is 12.3 Å². The second-order valence-electron chi connectivity index (χ2n) is 6.37. The fraction of sp³-hybridized carbons (Fsp3) is 0.350. The smallest absolute Gasteiger partial charge is 0.240 e. The Labute approximate surface area is 161 Å². The summed E-state index contributed by atoms with van der Waals surface area (Å²) in [5, 5.41) is 2.79. The highest BCUT2D eigenvalue weighted by atomic mass is 32.2. The van der Waals surface area contributed by atoms with E-state index in [1.54, 1.807) is 25.3 Å². The van der Waals surface area contributed by atoms with Gasteiger partial charge in [0.25, 0.3) is 0 Å². The van der Waals surface area contributed by atoms with Crippen LogP contribution in [0.3, 0.4) is 0 Å². The molecule has 0 aliphatic heterocycles. The van der Waals surface area contributed by atoms with E-state index in [2.05, 4.69) is 5.32 Å². The SMILES string of the molecule is COc1ccccc1CCCNC(=O)CN(c1cccc(C)c1)S(C)(=O)=O. The summed E-state index contributed by atoms with van der Waals surface area (Å²) < 4.78 is 30.6. The maximum atomic E-state index is 12.3. The molecule has 0 heterocycles. The first-order valence-corrected chi connectivity index (χ1v) is 10.6. The first-order chi connectivity index (χ1) is 12.8. The highest BCUT2D eigenvalue weighted by Gasteiger charge is 2.20. The molecular formula is C20H26N2O4S. The second kappa shape index (κ2) is 9.41. The van der Waals surface area contributed by atoms with E-state index in [1.165, 1.54) is 0 Å². The predicted molar refractivity (Wildman–Crippen MR) is 108 cm³/mol. The van der Waals surface area contributed by atoms with Crippen molar-refractivity contribution in [3.63, 3.8) is 0 Å². The van der Waals surface area contributed by atoms with Crippen molar-refractivity contribution in [1.82, 2.24) is 5.32 Å². The van der Waals surface area contributed by atoms with Crippen molar-refractivity contribution >= 4 is 21.6 Å². The average molecular weight is 391 g/mol. The van der Waals surface area contributed by atoms with Gasteiger partial charge in [-0.05, 0) is 49.1 Å². The molecule has 2 aromatic rings. The van der Waals surface area contributed by atoms with Gasteiger partial charge in [0, 0.05) is 6.54 Å². The number of rotatable bonds is 9. The first kappa shape index (κ1) is 20.8. The Balaban J connectivity index is 1.91. The third kappa shape index (κ3) is 6.29. The molecule has 0 spiro atoms. The van der Waals surface area contributed by atoms with Crippen molar-refractivity contribution in [2.45, 2.75) is 19.8 Å². The van der Waals surface area contributed by atoms with Crippen LogP contribution >= 0.6 is 0 Å². The number of carbonyl (C=O) groups excluding carboxylic acids is 1. The Kier molecular flexibility index (Phi) is 7.24. The van der Waals surface area contributed by atoms with E-state index in [1.807, 2.05) is 37.3 Å². The minimum Gasteiger partial charge on any atom is -0.496 e. The molecule has 1 amide bonds. The number of nitrogens with one attached hydrogen (secondary N) is 1. The van der Waals surface area contributed by atoms with Gasteiger partial charge < -0.3 is 10.1 Å².